The van der Waals surface area contributed by atoms with E-state index < -0.39 is 10.8 Å². The molecule has 0 spiro atoms. The van der Waals surface area contributed by atoms with Gasteiger partial charge in [0, 0.05) is 28.9 Å². The molecule has 0 fully saturated rings. The van der Waals surface area contributed by atoms with Crippen LogP contribution in [0.15, 0.2) is 65.1 Å². The second kappa shape index (κ2) is 10.2. The molecule has 0 radical (unpaired) electrons. The number of thiocarbonyl (C=S) groups is 1. The third-order valence-electron chi connectivity index (χ3n) is 4.91. The third kappa shape index (κ3) is 5.36. The summed E-state index contributed by atoms with van der Waals surface area (Å²) in [7, 11) is 1.58. The molecule has 0 saturated heterocycles. The Morgan fingerprint density at radius 1 is 1.17 bits per heavy atom. The first-order valence-corrected chi connectivity index (χ1v) is 10.9. The molecule has 1 aromatic heterocycles. The molecule has 35 heavy (non-hydrogen) atoms. The zero-order valence-electron chi connectivity index (χ0n) is 18.7. The van der Waals surface area contributed by atoms with Crippen molar-refractivity contribution < 1.29 is 23.6 Å². The minimum Gasteiger partial charge on any atom is -0.497 e. The van der Waals surface area contributed by atoms with Crippen LogP contribution in [0.4, 0.5) is 11.4 Å². The molecule has 10 nitrogen and oxygen atoms in total. The molecule has 0 saturated carbocycles. The number of rotatable bonds is 7. The highest BCUT2D eigenvalue weighted by Gasteiger charge is 2.19. The van der Waals surface area contributed by atoms with Crippen LogP contribution in [0.2, 0.25) is 0 Å². The lowest BCUT2D eigenvalue weighted by atomic mass is 10.1. The van der Waals surface area contributed by atoms with Gasteiger partial charge in [-0.1, -0.05) is 6.07 Å². The number of benzene rings is 3. The molecule has 4 aromatic rings. The lowest BCUT2D eigenvalue weighted by molar-refractivity contribution is -0.385. The summed E-state index contributed by atoms with van der Waals surface area (Å²) in [5.74, 6) is 0.571. The number of anilines is 1. The monoisotopic (exact) mass is 492 g/mol. The number of oxazole rings is 1. The summed E-state index contributed by atoms with van der Waals surface area (Å²) in [6.07, 6.45) is 0. The van der Waals surface area contributed by atoms with E-state index in [-0.39, 0.29) is 28.7 Å². The highest BCUT2D eigenvalue weighted by Crippen LogP contribution is 2.29. The van der Waals surface area contributed by atoms with Gasteiger partial charge in [0.25, 0.3) is 5.91 Å². The molecule has 0 aliphatic rings. The summed E-state index contributed by atoms with van der Waals surface area (Å²) >= 11 is 5.25. The van der Waals surface area contributed by atoms with Crippen LogP contribution < -0.4 is 20.1 Å². The van der Waals surface area contributed by atoms with Gasteiger partial charge in [-0.05, 0) is 61.6 Å². The fourth-order valence-corrected chi connectivity index (χ4v) is 3.51. The van der Waals surface area contributed by atoms with E-state index in [9.17, 15) is 14.9 Å². The van der Waals surface area contributed by atoms with Crippen molar-refractivity contribution in [2.24, 2.45) is 0 Å². The number of hydrogen-bond donors (Lipinski definition) is 2. The Balaban J connectivity index is 1.47. The van der Waals surface area contributed by atoms with E-state index in [0.29, 0.717) is 34.0 Å². The average Bonchev–Trinajstić information content (AvgIpc) is 3.28. The van der Waals surface area contributed by atoms with Crippen molar-refractivity contribution >= 4 is 45.7 Å². The van der Waals surface area contributed by atoms with E-state index in [1.54, 1.807) is 50.4 Å². The maximum Gasteiger partial charge on any atom is 0.311 e. The van der Waals surface area contributed by atoms with E-state index in [0.717, 1.165) is 6.07 Å². The number of nitrogens with one attached hydrogen (secondary N) is 2. The molecule has 0 aliphatic carbocycles. The van der Waals surface area contributed by atoms with E-state index in [1.807, 2.05) is 6.07 Å². The van der Waals surface area contributed by atoms with Gasteiger partial charge in [0.1, 0.15) is 11.3 Å². The van der Waals surface area contributed by atoms with Crippen molar-refractivity contribution in [2.45, 2.75) is 6.92 Å². The maximum absolute atomic E-state index is 12.6. The first kappa shape index (κ1) is 23.6. The SMILES string of the molecule is CCOc1ccc(C(=O)NC(=S)Nc2cccc(-c3nc4cc(OC)ccc4o3)c2)cc1[N+](=O)[O-]. The van der Waals surface area contributed by atoms with Gasteiger partial charge in [0.15, 0.2) is 16.4 Å². The molecule has 11 heteroatoms. The van der Waals surface area contributed by atoms with E-state index >= 15 is 0 Å². The first-order valence-electron chi connectivity index (χ1n) is 10.5. The second-order valence-electron chi connectivity index (χ2n) is 7.21. The standard InChI is InChI=1S/C24H20N4O6S/c1-3-33-21-9-7-14(12-19(21)28(30)31)22(29)27-24(35)25-16-6-4-5-15(11-16)23-26-18-13-17(32-2)8-10-20(18)34-23/h4-13H,3H2,1-2H3,(H2,25,27,29,35). The molecule has 0 unspecified atom stereocenters. The number of carbonyl (C=O) groups excluding carboxylic acids is 1. The van der Waals surface area contributed by atoms with Gasteiger partial charge in [-0.25, -0.2) is 4.98 Å². The molecule has 1 heterocycles. The zero-order valence-corrected chi connectivity index (χ0v) is 19.5. The van der Waals surface area contributed by atoms with Gasteiger partial charge in [0.2, 0.25) is 5.89 Å². The van der Waals surface area contributed by atoms with E-state index in [1.165, 1.54) is 12.1 Å². The summed E-state index contributed by atoms with van der Waals surface area (Å²) in [5, 5.41) is 16.8. The number of aromatic nitrogens is 1. The Kier molecular flexibility index (Phi) is 6.88. The van der Waals surface area contributed by atoms with Crippen LogP contribution in [-0.2, 0) is 0 Å². The Hall–Kier alpha value is -4.51. The van der Waals surface area contributed by atoms with Crippen LogP contribution in [0, 0.1) is 10.1 Å². The number of nitro benzene ring substituents is 1. The predicted molar refractivity (Wildman–Crippen MR) is 134 cm³/mol. The Labute approximate surface area is 205 Å². The number of amides is 1. The Morgan fingerprint density at radius 3 is 2.74 bits per heavy atom. The van der Waals surface area contributed by atoms with Crippen molar-refractivity contribution in [1.29, 1.82) is 0 Å². The molecular weight excluding hydrogens is 472 g/mol. The fourth-order valence-electron chi connectivity index (χ4n) is 3.30. The lowest BCUT2D eigenvalue weighted by Crippen LogP contribution is -2.34. The van der Waals surface area contributed by atoms with E-state index in [2.05, 4.69) is 15.6 Å². The average molecular weight is 493 g/mol. The van der Waals surface area contributed by atoms with Crippen LogP contribution in [0.5, 0.6) is 11.5 Å². The summed E-state index contributed by atoms with van der Waals surface area (Å²) in [5.41, 5.74) is 2.32. The summed E-state index contributed by atoms with van der Waals surface area (Å²) < 4.78 is 16.3. The first-order chi connectivity index (χ1) is 16.9. The highest BCUT2D eigenvalue weighted by molar-refractivity contribution is 7.80. The smallest absolute Gasteiger partial charge is 0.311 e. The van der Waals surface area contributed by atoms with Gasteiger partial charge in [-0.2, -0.15) is 0 Å². The largest absolute Gasteiger partial charge is 0.497 e. The number of ether oxygens (including phenoxy) is 2. The van der Waals surface area contributed by atoms with Crippen LogP contribution in [0.1, 0.15) is 17.3 Å². The Morgan fingerprint density at radius 2 is 2.00 bits per heavy atom. The van der Waals surface area contributed by atoms with Gasteiger partial charge in [0.05, 0.1) is 18.6 Å². The highest BCUT2D eigenvalue weighted by atomic mass is 32.1. The second-order valence-corrected chi connectivity index (χ2v) is 7.62. The fraction of sp³-hybridized carbons (Fsp3) is 0.125. The lowest BCUT2D eigenvalue weighted by Gasteiger charge is -2.11. The van der Waals surface area contributed by atoms with Crippen LogP contribution in [0.25, 0.3) is 22.6 Å². The minimum absolute atomic E-state index is 0.0194. The van der Waals surface area contributed by atoms with Gasteiger partial charge in [-0.3, -0.25) is 20.2 Å². The molecule has 1 amide bonds. The number of nitrogens with zero attached hydrogens (tertiary/aromatic N) is 2. The molecule has 3 aromatic carbocycles. The molecule has 0 bridgehead atoms. The summed E-state index contributed by atoms with van der Waals surface area (Å²) in [6.45, 7) is 1.97. The molecular formula is C24H20N4O6S. The maximum atomic E-state index is 12.6. The predicted octanol–water partition coefficient (Wildman–Crippen LogP) is 4.94. The van der Waals surface area contributed by atoms with Crippen LogP contribution in [-0.4, -0.2) is 34.6 Å². The van der Waals surface area contributed by atoms with Crippen molar-refractivity contribution in [3.05, 3.63) is 76.3 Å². The number of hydrogen-bond acceptors (Lipinski definition) is 8. The van der Waals surface area contributed by atoms with Crippen LogP contribution in [0.3, 0.4) is 0 Å². The van der Waals surface area contributed by atoms with Gasteiger partial charge in [-0.15, -0.1) is 0 Å². The molecule has 4 rings (SSSR count). The van der Waals surface area contributed by atoms with Crippen LogP contribution >= 0.6 is 12.2 Å². The molecule has 2 N–H and O–H groups in total. The quantitative estimate of drug-likeness (QED) is 0.209. The van der Waals surface area contributed by atoms with Crippen molar-refractivity contribution in [3.63, 3.8) is 0 Å². The number of fused-ring (bicyclic) bond motifs is 1. The summed E-state index contributed by atoms with van der Waals surface area (Å²) in [6, 6.07) is 16.4. The zero-order chi connectivity index (χ0) is 24.9. The number of methoxy groups -OCH3 is 1. The Bertz CT molecular complexity index is 1430. The van der Waals surface area contributed by atoms with Crippen molar-refractivity contribution in [3.8, 4) is 23.0 Å². The van der Waals surface area contributed by atoms with Crippen molar-refractivity contribution in [1.82, 2.24) is 10.3 Å². The molecule has 0 atom stereocenters. The topological polar surface area (TPSA) is 129 Å². The minimum atomic E-state index is -0.605. The molecule has 0 aliphatic heterocycles. The normalized spacial score (nSPS) is 10.6. The van der Waals surface area contributed by atoms with Gasteiger partial charge >= 0.3 is 5.69 Å². The summed E-state index contributed by atoms with van der Waals surface area (Å²) in [4.78, 5) is 27.8. The number of nitro groups is 1. The molecule has 178 valence electrons. The number of carbonyl (C=O) groups is 1. The third-order valence-corrected chi connectivity index (χ3v) is 5.11. The van der Waals surface area contributed by atoms with E-state index in [4.69, 9.17) is 26.1 Å². The van der Waals surface area contributed by atoms with Crippen molar-refractivity contribution in [2.75, 3.05) is 19.0 Å². The van der Waals surface area contributed by atoms with Gasteiger partial charge < -0.3 is 19.2 Å².